The maximum atomic E-state index is 5.94. The molecule has 20 heavy (non-hydrogen) atoms. The first-order valence-electron chi connectivity index (χ1n) is 6.84. The van der Waals surface area contributed by atoms with Crippen LogP contribution in [0.2, 0.25) is 39.3 Å². The Bertz CT molecular complexity index is 465. The van der Waals surface area contributed by atoms with Crippen molar-refractivity contribution in [2.75, 3.05) is 0 Å². The average Bonchev–Trinajstić information content (AvgIpc) is 2.24. The fourth-order valence-corrected chi connectivity index (χ4v) is 3.44. The molecule has 0 spiro atoms. The van der Waals surface area contributed by atoms with Gasteiger partial charge in [0.2, 0.25) is 16.6 Å². The molecule has 1 aromatic rings. The third kappa shape index (κ3) is 5.80. The minimum absolute atomic E-state index is 0.729. The van der Waals surface area contributed by atoms with Crippen LogP contribution in [0.15, 0.2) is 37.4 Å². The molecule has 4 heteroatoms. The summed E-state index contributed by atoms with van der Waals surface area (Å²) in [4.78, 5) is 0. The predicted molar refractivity (Wildman–Crippen MR) is 93.4 cm³/mol. The summed E-state index contributed by atoms with van der Waals surface area (Å²) in [6, 6.07) is 8.04. The van der Waals surface area contributed by atoms with Crippen molar-refractivity contribution in [1.29, 1.82) is 0 Å². The molecular formula is C16H26O2Si2. The molecule has 0 radical (unpaired) electrons. The van der Waals surface area contributed by atoms with Gasteiger partial charge in [-0.2, -0.15) is 0 Å². The Balaban J connectivity index is 2.91. The molecule has 0 unspecified atom stereocenters. The van der Waals surface area contributed by atoms with Crippen molar-refractivity contribution in [3.05, 3.63) is 48.6 Å². The average molecular weight is 307 g/mol. The lowest BCUT2D eigenvalue weighted by Crippen LogP contribution is -2.24. The van der Waals surface area contributed by atoms with Crippen molar-refractivity contribution >= 4 is 28.2 Å². The minimum atomic E-state index is -1.63. The molecule has 0 atom stereocenters. The lowest BCUT2D eigenvalue weighted by Gasteiger charge is -2.23. The van der Waals surface area contributed by atoms with Crippen molar-refractivity contribution in [1.82, 2.24) is 0 Å². The van der Waals surface area contributed by atoms with E-state index in [9.17, 15) is 0 Å². The van der Waals surface area contributed by atoms with Crippen molar-refractivity contribution < 1.29 is 8.85 Å². The normalized spacial score (nSPS) is 11.9. The molecule has 1 rings (SSSR count). The van der Waals surface area contributed by atoms with Gasteiger partial charge < -0.3 is 8.85 Å². The minimum Gasteiger partial charge on any atom is -0.544 e. The van der Waals surface area contributed by atoms with Crippen LogP contribution in [0.25, 0.3) is 11.5 Å². The first-order valence-corrected chi connectivity index (χ1v) is 13.7. The predicted octanol–water partition coefficient (Wildman–Crippen LogP) is 5.33. The molecule has 0 N–H and O–H groups in total. The van der Waals surface area contributed by atoms with Crippen molar-refractivity contribution in [2.45, 2.75) is 39.3 Å². The summed E-state index contributed by atoms with van der Waals surface area (Å²) in [5.41, 5.74) is 1.98. The summed E-state index contributed by atoms with van der Waals surface area (Å²) in [7, 11) is -3.26. The summed E-state index contributed by atoms with van der Waals surface area (Å²) in [6.45, 7) is 21.0. The van der Waals surface area contributed by atoms with Crippen LogP contribution in [0.5, 0.6) is 0 Å². The van der Waals surface area contributed by atoms with E-state index in [1.54, 1.807) is 0 Å². The van der Waals surface area contributed by atoms with E-state index in [0.29, 0.717) is 0 Å². The zero-order valence-electron chi connectivity index (χ0n) is 13.5. The van der Waals surface area contributed by atoms with Gasteiger partial charge in [-0.1, -0.05) is 31.4 Å². The number of rotatable bonds is 6. The molecule has 0 heterocycles. The molecule has 0 bridgehead atoms. The van der Waals surface area contributed by atoms with E-state index in [1.807, 2.05) is 24.3 Å². The third-order valence-electron chi connectivity index (χ3n) is 2.37. The van der Waals surface area contributed by atoms with Crippen LogP contribution in [0, 0.1) is 0 Å². The van der Waals surface area contributed by atoms with Crippen LogP contribution in [-0.4, -0.2) is 16.6 Å². The number of hydrogen-bond donors (Lipinski definition) is 0. The van der Waals surface area contributed by atoms with E-state index in [2.05, 4.69) is 52.4 Å². The van der Waals surface area contributed by atoms with Gasteiger partial charge in [0.25, 0.3) is 0 Å². The van der Waals surface area contributed by atoms with E-state index in [-0.39, 0.29) is 0 Å². The molecule has 110 valence electrons. The first kappa shape index (κ1) is 16.8. The molecule has 0 aliphatic heterocycles. The second-order valence-electron chi connectivity index (χ2n) is 6.86. The highest BCUT2D eigenvalue weighted by Crippen LogP contribution is 2.24. The van der Waals surface area contributed by atoms with Gasteiger partial charge in [-0.15, -0.1) is 0 Å². The van der Waals surface area contributed by atoms with Crippen molar-refractivity contribution in [3.8, 4) is 0 Å². The highest BCUT2D eigenvalue weighted by atomic mass is 28.4. The van der Waals surface area contributed by atoms with Crippen LogP contribution in [0.4, 0.5) is 0 Å². The van der Waals surface area contributed by atoms with Gasteiger partial charge in [0.15, 0.2) is 0 Å². The maximum absolute atomic E-state index is 5.94. The molecule has 0 amide bonds. The molecule has 0 aliphatic carbocycles. The lowest BCUT2D eigenvalue weighted by molar-refractivity contribution is 0.514. The SMILES string of the molecule is C=C(O[Si](C)(C)C)c1cccc(C(=C)O[Si](C)(C)C)c1. The van der Waals surface area contributed by atoms with Crippen LogP contribution in [0.3, 0.4) is 0 Å². The quantitative estimate of drug-likeness (QED) is 0.522. The lowest BCUT2D eigenvalue weighted by atomic mass is 10.1. The summed E-state index contributed by atoms with van der Waals surface area (Å²) in [6.07, 6.45) is 0. The third-order valence-corrected chi connectivity index (χ3v) is 4.08. The summed E-state index contributed by atoms with van der Waals surface area (Å²) in [5.74, 6) is 1.46. The standard InChI is InChI=1S/C16H26O2Si2/c1-13(17-19(3,4)5)15-10-9-11-16(12-15)14(2)18-20(6,7)8/h9-12H,1-2H2,3-8H3. The van der Waals surface area contributed by atoms with Crippen LogP contribution >= 0.6 is 0 Å². The van der Waals surface area contributed by atoms with Gasteiger partial charge in [0, 0.05) is 11.1 Å². The maximum Gasteiger partial charge on any atom is 0.242 e. The summed E-state index contributed by atoms with van der Waals surface area (Å²) in [5, 5.41) is 0. The highest BCUT2D eigenvalue weighted by Gasteiger charge is 2.19. The first-order chi connectivity index (χ1) is 8.98. The molecule has 0 saturated carbocycles. The van der Waals surface area contributed by atoms with Crippen LogP contribution in [-0.2, 0) is 8.85 Å². The van der Waals surface area contributed by atoms with E-state index >= 15 is 0 Å². The van der Waals surface area contributed by atoms with Gasteiger partial charge in [0.1, 0.15) is 11.5 Å². The van der Waals surface area contributed by atoms with Gasteiger partial charge in [-0.05, 0) is 45.3 Å². The Kier molecular flexibility index (Phi) is 5.05. The largest absolute Gasteiger partial charge is 0.544 e. The van der Waals surface area contributed by atoms with Gasteiger partial charge in [-0.25, -0.2) is 0 Å². The van der Waals surface area contributed by atoms with Gasteiger partial charge >= 0.3 is 0 Å². The molecular weight excluding hydrogens is 280 g/mol. The zero-order valence-corrected chi connectivity index (χ0v) is 15.5. The molecule has 2 nitrogen and oxygen atoms in total. The Labute approximate surface area is 125 Å². The van der Waals surface area contributed by atoms with E-state index in [1.165, 1.54) is 0 Å². The Hall–Kier alpha value is -1.27. The Morgan fingerprint density at radius 1 is 0.800 bits per heavy atom. The smallest absolute Gasteiger partial charge is 0.242 e. The van der Waals surface area contributed by atoms with E-state index in [0.717, 1.165) is 22.6 Å². The Morgan fingerprint density at radius 2 is 1.15 bits per heavy atom. The Morgan fingerprint density at radius 3 is 1.45 bits per heavy atom. The second kappa shape index (κ2) is 6.01. The second-order valence-corrected chi connectivity index (χ2v) is 15.7. The number of benzene rings is 1. The monoisotopic (exact) mass is 306 g/mol. The topological polar surface area (TPSA) is 18.5 Å². The van der Waals surface area contributed by atoms with E-state index < -0.39 is 16.6 Å². The molecule has 0 aromatic heterocycles. The zero-order chi connectivity index (χ0) is 15.6. The molecule has 1 aromatic carbocycles. The summed E-state index contributed by atoms with van der Waals surface area (Å²) < 4.78 is 11.9. The van der Waals surface area contributed by atoms with Crippen LogP contribution in [0.1, 0.15) is 11.1 Å². The fourth-order valence-electron chi connectivity index (χ4n) is 1.72. The number of hydrogen-bond acceptors (Lipinski definition) is 2. The molecule has 0 saturated heterocycles. The van der Waals surface area contributed by atoms with Crippen molar-refractivity contribution in [3.63, 3.8) is 0 Å². The van der Waals surface area contributed by atoms with Gasteiger partial charge in [-0.3, -0.25) is 0 Å². The highest BCUT2D eigenvalue weighted by molar-refractivity contribution is 6.70. The molecule has 0 aliphatic rings. The van der Waals surface area contributed by atoms with Gasteiger partial charge in [0.05, 0.1) is 0 Å². The van der Waals surface area contributed by atoms with E-state index in [4.69, 9.17) is 8.85 Å². The fraction of sp³-hybridized carbons (Fsp3) is 0.375. The van der Waals surface area contributed by atoms with Crippen LogP contribution < -0.4 is 0 Å². The summed E-state index contributed by atoms with van der Waals surface area (Å²) >= 11 is 0. The molecule has 0 fully saturated rings. The van der Waals surface area contributed by atoms with Crippen molar-refractivity contribution in [2.24, 2.45) is 0 Å².